The summed E-state index contributed by atoms with van der Waals surface area (Å²) in [4.78, 5) is 0. The largest absolute Gasteiger partial charge is 0.460 e. The lowest BCUT2D eigenvalue weighted by molar-refractivity contribution is -0.347. The van der Waals surface area contributed by atoms with Crippen molar-refractivity contribution in [3.8, 4) is 0 Å². The normalized spacial score (nSPS) is 16.7. The van der Waals surface area contributed by atoms with Gasteiger partial charge in [-0.2, -0.15) is 61.5 Å². The van der Waals surface area contributed by atoms with Crippen molar-refractivity contribution in [3.63, 3.8) is 0 Å². The third-order valence-electron chi connectivity index (χ3n) is 2.13. The van der Waals surface area contributed by atoms with E-state index in [2.05, 4.69) is 11.6 Å². The molecule has 0 bridgehead atoms. The quantitative estimate of drug-likeness (QED) is 0.527. The minimum Gasteiger partial charge on any atom is -0.195 e. The maximum absolute atomic E-state index is 12.8. The number of halogens is 15. The Kier molecular flexibility index (Phi) is 5.32. The van der Waals surface area contributed by atoms with Gasteiger partial charge >= 0.3 is 36.0 Å². The molecular formula is C8HClF14. The van der Waals surface area contributed by atoms with Crippen LogP contribution in [-0.2, 0) is 0 Å². The Labute approximate surface area is 121 Å². The highest BCUT2D eigenvalue weighted by atomic mass is 35.5. The van der Waals surface area contributed by atoms with Crippen LogP contribution in [0.25, 0.3) is 0 Å². The van der Waals surface area contributed by atoms with Crippen LogP contribution >= 0.6 is 11.6 Å². The van der Waals surface area contributed by atoms with E-state index >= 15 is 0 Å². The molecular weight excluding hydrogens is 398 g/mol. The predicted molar refractivity (Wildman–Crippen MR) is 45.8 cm³/mol. The van der Waals surface area contributed by atoms with Crippen molar-refractivity contribution >= 4 is 11.6 Å². The molecule has 138 valence electrons. The molecule has 0 aromatic heterocycles. The van der Waals surface area contributed by atoms with Crippen molar-refractivity contribution in [2.24, 2.45) is 0 Å². The zero-order chi connectivity index (χ0) is 19.3. The van der Waals surface area contributed by atoms with Crippen LogP contribution in [0, 0.1) is 0 Å². The monoisotopic (exact) mass is 398 g/mol. The maximum atomic E-state index is 12.8. The molecule has 0 radical (unpaired) electrons. The zero-order valence-electron chi connectivity index (χ0n) is 9.75. The van der Waals surface area contributed by atoms with Crippen LogP contribution in [-0.4, -0.2) is 36.0 Å². The third-order valence-corrected chi connectivity index (χ3v) is 2.48. The smallest absolute Gasteiger partial charge is 0.195 e. The molecule has 0 rings (SSSR count). The van der Waals surface area contributed by atoms with Gasteiger partial charge in [0.25, 0.3) is 0 Å². The fourth-order valence-electron chi connectivity index (χ4n) is 0.857. The number of allylic oxidation sites excluding steroid dienone is 2. The molecule has 0 aliphatic heterocycles. The van der Waals surface area contributed by atoms with Crippen LogP contribution in [0.2, 0.25) is 0 Å². The summed E-state index contributed by atoms with van der Waals surface area (Å²) in [5, 5.41) is -3.55. The van der Waals surface area contributed by atoms with E-state index in [9.17, 15) is 61.5 Å². The molecule has 0 spiro atoms. The van der Waals surface area contributed by atoms with Gasteiger partial charge in [0.15, 0.2) is 0 Å². The van der Waals surface area contributed by atoms with Crippen LogP contribution < -0.4 is 0 Å². The van der Waals surface area contributed by atoms with E-state index in [1.54, 1.807) is 0 Å². The Morgan fingerprint density at radius 2 is 0.870 bits per heavy atom. The molecule has 0 N–H and O–H groups in total. The Hall–Kier alpha value is -0.950. The molecule has 0 unspecified atom stereocenters. The van der Waals surface area contributed by atoms with E-state index in [1.165, 1.54) is 0 Å². The Bertz CT molecular complexity index is 466. The summed E-state index contributed by atoms with van der Waals surface area (Å²) >= 11 is 4.05. The number of hydrogen-bond donors (Lipinski definition) is 0. The summed E-state index contributed by atoms with van der Waals surface area (Å²) in [6.07, 6.45) is -16.3. The van der Waals surface area contributed by atoms with Crippen LogP contribution in [0.4, 0.5) is 61.5 Å². The SMILES string of the molecule is FC(F)(F)C(F)(F)C(F)(F)C=C(Cl)C(F)(F)C(F)(F)C(F)(F)F. The van der Waals surface area contributed by atoms with Gasteiger partial charge in [-0.05, 0) is 0 Å². The Morgan fingerprint density at radius 3 is 1.13 bits per heavy atom. The van der Waals surface area contributed by atoms with E-state index in [0.717, 1.165) is 0 Å². The first-order valence-electron chi connectivity index (χ1n) is 4.66. The maximum Gasteiger partial charge on any atom is 0.460 e. The minimum atomic E-state index is -7.11. The molecule has 0 heterocycles. The van der Waals surface area contributed by atoms with Crippen LogP contribution in [0.3, 0.4) is 0 Å². The van der Waals surface area contributed by atoms with E-state index in [-0.39, 0.29) is 0 Å². The average Bonchev–Trinajstić information content (AvgIpc) is 2.24. The van der Waals surface area contributed by atoms with E-state index < -0.39 is 47.2 Å². The van der Waals surface area contributed by atoms with Gasteiger partial charge in [0.2, 0.25) is 0 Å². The van der Waals surface area contributed by atoms with Gasteiger partial charge in [0.05, 0.1) is 5.03 Å². The van der Waals surface area contributed by atoms with E-state index in [0.29, 0.717) is 0 Å². The molecule has 0 aliphatic rings. The van der Waals surface area contributed by atoms with Gasteiger partial charge in [0, 0.05) is 6.08 Å². The van der Waals surface area contributed by atoms with E-state index in [4.69, 9.17) is 0 Å². The second kappa shape index (κ2) is 5.55. The van der Waals surface area contributed by atoms with Crippen molar-refractivity contribution in [1.29, 1.82) is 0 Å². The molecule has 0 atom stereocenters. The van der Waals surface area contributed by atoms with Gasteiger partial charge < -0.3 is 0 Å². The van der Waals surface area contributed by atoms with Gasteiger partial charge in [0.1, 0.15) is 0 Å². The van der Waals surface area contributed by atoms with Gasteiger partial charge in [-0.25, -0.2) is 0 Å². The van der Waals surface area contributed by atoms with Crippen LogP contribution in [0.5, 0.6) is 0 Å². The Balaban J connectivity index is 6.03. The lowest BCUT2D eigenvalue weighted by Crippen LogP contribution is -2.54. The Morgan fingerprint density at radius 1 is 0.565 bits per heavy atom. The molecule has 0 aromatic rings. The molecule has 0 saturated heterocycles. The third kappa shape index (κ3) is 3.60. The molecule has 0 aliphatic carbocycles. The molecule has 0 fully saturated rings. The van der Waals surface area contributed by atoms with E-state index in [1.807, 2.05) is 0 Å². The first kappa shape index (κ1) is 22.1. The van der Waals surface area contributed by atoms with Crippen molar-refractivity contribution in [2.75, 3.05) is 0 Å². The molecule has 0 nitrogen and oxygen atoms in total. The minimum absolute atomic E-state index is 2.21. The van der Waals surface area contributed by atoms with Crippen molar-refractivity contribution in [3.05, 3.63) is 11.1 Å². The number of hydrogen-bond acceptors (Lipinski definition) is 0. The van der Waals surface area contributed by atoms with Crippen LogP contribution in [0.1, 0.15) is 0 Å². The topological polar surface area (TPSA) is 0 Å². The number of alkyl halides is 14. The second-order valence-electron chi connectivity index (χ2n) is 3.83. The average molecular weight is 399 g/mol. The fourth-order valence-corrected chi connectivity index (χ4v) is 1.11. The fraction of sp³-hybridized carbons (Fsp3) is 0.750. The summed E-state index contributed by atoms with van der Waals surface area (Å²) < 4.78 is 171. The summed E-state index contributed by atoms with van der Waals surface area (Å²) in [5.41, 5.74) is 0. The first-order valence-corrected chi connectivity index (χ1v) is 5.04. The van der Waals surface area contributed by atoms with Crippen molar-refractivity contribution in [2.45, 2.75) is 36.0 Å². The molecule has 0 saturated carbocycles. The summed E-state index contributed by atoms with van der Waals surface area (Å²) in [7, 11) is 0. The zero-order valence-corrected chi connectivity index (χ0v) is 10.5. The molecule has 15 heteroatoms. The second-order valence-corrected chi connectivity index (χ2v) is 4.24. The summed E-state index contributed by atoms with van der Waals surface area (Å²) in [5.74, 6) is -27.5. The van der Waals surface area contributed by atoms with Crippen LogP contribution in [0.15, 0.2) is 11.1 Å². The first-order chi connectivity index (χ1) is 9.63. The number of rotatable bonds is 4. The van der Waals surface area contributed by atoms with Gasteiger partial charge in [-0.1, -0.05) is 11.6 Å². The lowest BCUT2D eigenvalue weighted by Gasteiger charge is -2.30. The highest BCUT2D eigenvalue weighted by Gasteiger charge is 2.76. The summed E-state index contributed by atoms with van der Waals surface area (Å²) in [6, 6.07) is 0. The summed E-state index contributed by atoms with van der Waals surface area (Å²) in [6.45, 7) is 0. The molecule has 0 amide bonds. The highest BCUT2D eigenvalue weighted by Crippen LogP contribution is 2.53. The lowest BCUT2D eigenvalue weighted by atomic mass is 10.1. The van der Waals surface area contributed by atoms with Gasteiger partial charge in [-0.3, -0.25) is 0 Å². The highest BCUT2D eigenvalue weighted by molar-refractivity contribution is 6.30. The molecule has 0 aromatic carbocycles. The van der Waals surface area contributed by atoms with Crippen molar-refractivity contribution in [1.82, 2.24) is 0 Å². The predicted octanol–water partition coefficient (Wildman–Crippen LogP) is 5.77. The van der Waals surface area contributed by atoms with Gasteiger partial charge in [-0.15, -0.1) is 0 Å². The molecule has 23 heavy (non-hydrogen) atoms. The standard InChI is InChI=1S/C8HClF14/c9-2(4(12,13)6(16,17)8(21,22)23)1-3(10,11)5(14,15)7(18,19)20/h1H. The van der Waals surface area contributed by atoms with Crippen molar-refractivity contribution < 1.29 is 61.5 Å².